The summed E-state index contributed by atoms with van der Waals surface area (Å²) in [5.41, 5.74) is 0.114. The van der Waals surface area contributed by atoms with Crippen LogP contribution in [0.2, 0.25) is 0 Å². The second kappa shape index (κ2) is 10.2. The summed E-state index contributed by atoms with van der Waals surface area (Å²) < 4.78 is 39.2. The number of rotatable bonds is 5. The molecule has 140 valence electrons. The summed E-state index contributed by atoms with van der Waals surface area (Å²) in [5, 5.41) is 9.44. The van der Waals surface area contributed by atoms with Gasteiger partial charge in [0, 0.05) is 18.3 Å². The van der Waals surface area contributed by atoms with Gasteiger partial charge in [0.05, 0.1) is 23.1 Å². The Bertz CT molecular complexity index is 605. The number of H-pyrrole nitrogens is 1. The first-order valence-electron chi connectivity index (χ1n) is 8.81. The molecule has 0 spiro atoms. The van der Waals surface area contributed by atoms with Crippen molar-refractivity contribution < 1.29 is 13.2 Å². The van der Waals surface area contributed by atoms with Gasteiger partial charge in [-0.15, -0.1) is 0 Å². The third-order valence-electron chi connectivity index (χ3n) is 3.47. The topological polar surface area (TPSA) is 53.6 Å². The van der Waals surface area contributed by atoms with Crippen LogP contribution < -0.4 is 5.32 Å². The third kappa shape index (κ3) is 6.49. The van der Waals surface area contributed by atoms with E-state index in [0.717, 1.165) is 12.6 Å². The molecule has 0 radical (unpaired) electrons. The minimum absolute atomic E-state index is 0.0815. The van der Waals surface area contributed by atoms with E-state index in [9.17, 15) is 13.2 Å². The molecule has 3 rings (SSSR count). The fourth-order valence-electron chi connectivity index (χ4n) is 2.15. The van der Waals surface area contributed by atoms with Crippen molar-refractivity contribution in [2.24, 2.45) is 5.92 Å². The number of alkyl halides is 3. The normalized spacial score (nSPS) is 13.4. The Morgan fingerprint density at radius 1 is 1.16 bits per heavy atom. The lowest BCUT2D eigenvalue weighted by Crippen LogP contribution is -2.18. The standard InChI is InChI=1S/C14H15F3N4.2C2H6/c15-14(16,17)12-4-3-11(8-18-5-9-1-2-9)21-13(12)10-6-19-20-7-10;2*1-2/h3-4,6-7,9,18H,1-2,5,8H2,(H,19,20);2*1-2H3. The molecule has 4 nitrogen and oxygen atoms in total. The molecule has 1 aliphatic carbocycles. The number of pyridine rings is 1. The van der Waals surface area contributed by atoms with Gasteiger partial charge in [-0.05, 0) is 37.4 Å². The van der Waals surface area contributed by atoms with Gasteiger partial charge in [-0.1, -0.05) is 27.7 Å². The van der Waals surface area contributed by atoms with Crippen molar-refractivity contribution in [2.45, 2.75) is 53.3 Å². The molecule has 0 amide bonds. The highest BCUT2D eigenvalue weighted by molar-refractivity contribution is 5.62. The van der Waals surface area contributed by atoms with Crippen LogP contribution in [-0.4, -0.2) is 21.7 Å². The average molecular weight is 356 g/mol. The second-order valence-electron chi connectivity index (χ2n) is 5.26. The predicted octanol–water partition coefficient (Wildman–Crippen LogP) is 5.04. The van der Waals surface area contributed by atoms with Crippen molar-refractivity contribution >= 4 is 0 Å². The van der Waals surface area contributed by atoms with Crippen LogP contribution >= 0.6 is 0 Å². The molecule has 2 aromatic rings. The van der Waals surface area contributed by atoms with Crippen molar-refractivity contribution in [3.05, 3.63) is 35.8 Å². The number of aromatic amines is 1. The Kier molecular flexibility index (Phi) is 8.61. The fraction of sp³-hybridized carbons (Fsp3) is 0.556. The highest BCUT2D eigenvalue weighted by Gasteiger charge is 2.34. The fourth-order valence-corrected chi connectivity index (χ4v) is 2.15. The van der Waals surface area contributed by atoms with Crippen LogP contribution in [0.15, 0.2) is 24.5 Å². The zero-order valence-corrected chi connectivity index (χ0v) is 15.2. The lowest BCUT2D eigenvalue weighted by Gasteiger charge is -2.13. The minimum atomic E-state index is -4.43. The molecule has 0 unspecified atom stereocenters. The number of halogens is 3. The molecule has 2 heterocycles. The molecule has 25 heavy (non-hydrogen) atoms. The van der Waals surface area contributed by atoms with Crippen molar-refractivity contribution in [3.63, 3.8) is 0 Å². The van der Waals surface area contributed by atoms with Gasteiger partial charge in [0.2, 0.25) is 0 Å². The van der Waals surface area contributed by atoms with E-state index in [4.69, 9.17) is 0 Å². The summed E-state index contributed by atoms with van der Waals surface area (Å²) in [7, 11) is 0. The first-order chi connectivity index (χ1) is 12.0. The molecular formula is C18H27F3N4. The van der Waals surface area contributed by atoms with Crippen molar-refractivity contribution in [3.8, 4) is 11.3 Å². The first kappa shape index (κ1) is 21.2. The number of hydrogen-bond acceptors (Lipinski definition) is 3. The highest BCUT2D eigenvalue weighted by atomic mass is 19.4. The Morgan fingerprint density at radius 2 is 1.84 bits per heavy atom. The van der Waals surface area contributed by atoms with Crippen LogP contribution in [-0.2, 0) is 12.7 Å². The van der Waals surface area contributed by atoms with Crippen molar-refractivity contribution in [1.29, 1.82) is 0 Å². The van der Waals surface area contributed by atoms with Gasteiger partial charge in [-0.25, -0.2) is 0 Å². The first-order valence-corrected chi connectivity index (χ1v) is 8.81. The van der Waals surface area contributed by atoms with Crippen LogP contribution in [0.3, 0.4) is 0 Å². The quantitative estimate of drug-likeness (QED) is 0.789. The molecule has 2 aromatic heterocycles. The van der Waals surface area contributed by atoms with Crippen LogP contribution in [0.4, 0.5) is 13.2 Å². The number of nitrogens with one attached hydrogen (secondary N) is 2. The molecular weight excluding hydrogens is 329 g/mol. The van der Waals surface area contributed by atoms with Crippen molar-refractivity contribution in [1.82, 2.24) is 20.5 Å². The van der Waals surface area contributed by atoms with E-state index in [1.54, 1.807) is 0 Å². The third-order valence-corrected chi connectivity index (χ3v) is 3.47. The summed E-state index contributed by atoms with van der Waals surface area (Å²) >= 11 is 0. The van der Waals surface area contributed by atoms with Gasteiger partial charge >= 0.3 is 6.18 Å². The molecule has 0 atom stereocenters. The van der Waals surface area contributed by atoms with Gasteiger partial charge in [0.25, 0.3) is 0 Å². The Labute approximate surface area is 147 Å². The number of hydrogen-bond donors (Lipinski definition) is 2. The zero-order valence-electron chi connectivity index (χ0n) is 15.2. The molecule has 0 aliphatic heterocycles. The molecule has 7 heteroatoms. The van der Waals surface area contributed by atoms with Gasteiger partial charge < -0.3 is 5.32 Å². The van der Waals surface area contributed by atoms with E-state index in [1.807, 2.05) is 27.7 Å². The van der Waals surface area contributed by atoms with E-state index in [2.05, 4.69) is 20.5 Å². The lowest BCUT2D eigenvalue weighted by molar-refractivity contribution is -0.137. The van der Waals surface area contributed by atoms with Gasteiger partial charge in [-0.2, -0.15) is 18.3 Å². The van der Waals surface area contributed by atoms with Crippen LogP contribution in [0.25, 0.3) is 11.3 Å². The van der Waals surface area contributed by atoms with E-state index in [1.165, 1.54) is 31.3 Å². The lowest BCUT2D eigenvalue weighted by atomic mass is 10.1. The van der Waals surface area contributed by atoms with E-state index >= 15 is 0 Å². The maximum atomic E-state index is 13.1. The van der Waals surface area contributed by atoms with E-state index in [0.29, 0.717) is 23.7 Å². The molecule has 1 fully saturated rings. The summed E-state index contributed by atoms with van der Waals surface area (Å²) in [4.78, 5) is 4.16. The van der Waals surface area contributed by atoms with Gasteiger partial charge in [-0.3, -0.25) is 10.1 Å². The predicted molar refractivity (Wildman–Crippen MR) is 93.9 cm³/mol. The van der Waals surface area contributed by atoms with Crippen LogP contribution in [0.5, 0.6) is 0 Å². The number of nitrogens with zero attached hydrogens (tertiary/aromatic N) is 2. The minimum Gasteiger partial charge on any atom is -0.311 e. The number of aromatic nitrogens is 3. The SMILES string of the molecule is CC.CC.FC(F)(F)c1ccc(CNCC2CC2)nc1-c1cn[nH]c1. The zero-order chi connectivity index (χ0) is 18.9. The van der Waals surface area contributed by atoms with Gasteiger partial charge in [0.15, 0.2) is 0 Å². The molecule has 0 saturated heterocycles. The maximum absolute atomic E-state index is 13.1. The summed E-state index contributed by atoms with van der Waals surface area (Å²) in [6, 6.07) is 2.51. The smallest absolute Gasteiger partial charge is 0.311 e. The Morgan fingerprint density at radius 3 is 2.36 bits per heavy atom. The van der Waals surface area contributed by atoms with Crippen LogP contribution in [0, 0.1) is 5.92 Å². The molecule has 1 aliphatic rings. The highest BCUT2D eigenvalue weighted by Crippen LogP contribution is 2.35. The molecule has 0 bridgehead atoms. The molecule has 1 saturated carbocycles. The monoisotopic (exact) mass is 356 g/mol. The van der Waals surface area contributed by atoms with Gasteiger partial charge in [0.1, 0.15) is 0 Å². The summed E-state index contributed by atoms with van der Waals surface area (Å²) in [6.07, 6.45) is 0.791. The molecule has 2 N–H and O–H groups in total. The van der Waals surface area contributed by atoms with E-state index in [-0.39, 0.29) is 5.69 Å². The van der Waals surface area contributed by atoms with Crippen LogP contribution in [0.1, 0.15) is 51.8 Å². The largest absolute Gasteiger partial charge is 0.418 e. The summed E-state index contributed by atoms with van der Waals surface area (Å²) in [6.45, 7) is 9.36. The maximum Gasteiger partial charge on any atom is 0.418 e. The van der Waals surface area contributed by atoms with E-state index < -0.39 is 11.7 Å². The Hall–Kier alpha value is -1.89. The molecule has 0 aromatic carbocycles. The second-order valence-corrected chi connectivity index (χ2v) is 5.26. The van der Waals surface area contributed by atoms with Crippen molar-refractivity contribution in [2.75, 3.05) is 6.54 Å². The Balaban J connectivity index is 0.000000730. The summed E-state index contributed by atoms with van der Waals surface area (Å²) in [5.74, 6) is 0.716. The average Bonchev–Trinajstić information content (AvgIpc) is 3.27.